The summed E-state index contributed by atoms with van der Waals surface area (Å²) in [5.74, 6) is -1.77. The highest BCUT2D eigenvalue weighted by atomic mass is 16.4. The number of amides is 3. The first kappa shape index (κ1) is 16.7. The molecule has 0 fully saturated rings. The highest BCUT2D eigenvalue weighted by molar-refractivity contribution is 5.94. The summed E-state index contributed by atoms with van der Waals surface area (Å²) in [5, 5.41) is 13.4. The summed E-state index contributed by atoms with van der Waals surface area (Å²) < 4.78 is 1.81. The second-order valence-corrected chi connectivity index (χ2v) is 5.09. The maximum absolute atomic E-state index is 11.6. The van der Waals surface area contributed by atoms with Crippen molar-refractivity contribution in [2.75, 3.05) is 0 Å². The molecular formula is C13H20N4O4. The number of hydrogen-bond donors (Lipinski definition) is 3. The van der Waals surface area contributed by atoms with E-state index in [2.05, 4.69) is 15.6 Å². The number of carboxylic acids is 1. The van der Waals surface area contributed by atoms with Gasteiger partial charge in [0, 0.05) is 37.8 Å². The molecule has 1 aromatic rings. The molecule has 0 spiro atoms. The number of rotatable bonds is 7. The number of imidazole rings is 1. The molecule has 0 radical (unpaired) electrons. The monoisotopic (exact) mass is 296 g/mol. The zero-order chi connectivity index (χ0) is 15.8. The third kappa shape index (κ3) is 7.09. The van der Waals surface area contributed by atoms with E-state index in [4.69, 9.17) is 5.11 Å². The number of carbonyl (C=O) groups is 3. The molecule has 0 aliphatic heterocycles. The first-order valence-corrected chi connectivity index (χ1v) is 6.64. The summed E-state index contributed by atoms with van der Waals surface area (Å²) in [6, 6.07) is -0.765. The van der Waals surface area contributed by atoms with Crippen molar-refractivity contribution in [2.24, 2.45) is 5.92 Å². The van der Waals surface area contributed by atoms with Crippen molar-refractivity contribution >= 4 is 17.9 Å². The van der Waals surface area contributed by atoms with Crippen molar-refractivity contribution in [2.45, 2.75) is 39.3 Å². The van der Waals surface area contributed by atoms with Crippen LogP contribution in [-0.4, -0.2) is 38.6 Å². The molecule has 0 saturated carbocycles. The van der Waals surface area contributed by atoms with E-state index in [1.54, 1.807) is 32.6 Å². The van der Waals surface area contributed by atoms with Crippen LogP contribution in [0.1, 0.15) is 26.7 Å². The Balaban J connectivity index is 2.29. The highest BCUT2D eigenvalue weighted by Gasteiger charge is 2.15. The van der Waals surface area contributed by atoms with Gasteiger partial charge in [0.25, 0.3) is 0 Å². The van der Waals surface area contributed by atoms with E-state index in [0.29, 0.717) is 6.54 Å². The quantitative estimate of drug-likeness (QED) is 0.682. The molecule has 1 heterocycles. The van der Waals surface area contributed by atoms with Crippen LogP contribution in [0.3, 0.4) is 0 Å². The lowest BCUT2D eigenvalue weighted by atomic mass is 10.0. The summed E-state index contributed by atoms with van der Waals surface area (Å²) >= 11 is 0. The minimum Gasteiger partial charge on any atom is -0.481 e. The molecule has 1 rings (SSSR count). The molecule has 21 heavy (non-hydrogen) atoms. The largest absolute Gasteiger partial charge is 0.481 e. The fraction of sp³-hybridized carbons (Fsp3) is 0.538. The molecule has 8 heteroatoms. The fourth-order valence-electron chi connectivity index (χ4n) is 1.88. The Morgan fingerprint density at radius 1 is 1.29 bits per heavy atom. The number of imide groups is 1. The zero-order valence-electron chi connectivity index (χ0n) is 12.1. The van der Waals surface area contributed by atoms with Gasteiger partial charge in [-0.15, -0.1) is 0 Å². The van der Waals surface area contributed by atoms with Crippen LogP contribution in [0.2, 0.25) is 0 Å². The standard InChI is InChI=1S/C13H20N4O4/c1-9(6-12(19)20)5-11(18)16-13(21)15-10(2)7-17-4-3-14-8-17/h3-4,8-10H,5-7H2,1-2H3,(H,19,20)(H2,15,16,18,21). The number of nitrogens with zero attached hydrogens (tertiary/aromatic N) is 2. The van der Waals surface area contributed by atoms with E-state index in [1.165, 1.54) is 0 Å². The minimum absolute atomic E-state index is 0.00434. The Labute approximate surface area is 122 Å². The Hall–Kier alpha value is -2.38. The Bertz CT molecular complexity index is 486. The molecule has 0 saturated heterocycles. The summed E-state index contributed by atoms with van der Waals surface area (Å²) in [6.45, 7) is 3.99. The van der Waals surface area contributed by atoms with Crippen LogP contribution in [0.4, 0.5) is 4.79 Å². The van der Waals surface area contributed by atoms with E-state index < -0.39 is 17.9 Å². The molecule has 0 aromatic carbocycles. The summed E-state index contributed by atoms with van der Waals surface area (Å²) in [6.07, 6.45) is 4.94. The van der Waals surface area contributed by atoms with Gasteiger partial charge in [-0.2, -0.15) is 0 Å². The van der Waals surface area contributed by atoms with Crippen molar-refractivity contribution in [3.05, 3.63) is 18.7 Å². The van der Waals surface area contributed by atoms with Crippen LogP contribution in [0, 0.1) is 5.92 Å². The van der Waals surface area contributed by atoms with E-state index in [1.807, 2.05) is 4.57 Å². The van der Waals surface area contributed by atoms with Gasteiger partial charge >= 0.3 is 12.0 Å². The van der Waals surface area contributed by atoms with Gasteiger partial charge in [-0.1, -0.05) is 6.92 Å². The number of aromatic nitrogens is 2. The van der Waals surface area contributed by atoms with Crippen LogP contribution in [0.15, 0.2) is 18.7 Å². The topological polar surface area (TPSA) is 113 Å². The van der Waals surface area contributed by atoms with Crippen LogP contribution in [-0.2, 0) is 16.1 Å². The molecule has 8 nitrogen and oxygen atoms in total. The van der Waals surface area contributed by atoms with Crippen molar-refractivity contribution in [3.63, 3.8) is 0 Å². The predicted octanol–water partition coefficient (Wildman–Crippen LogP) is 0.598. The molecule has 3 amide bonds. The smallest absolute Gasteiger partial charge is 0.321 e. The number of hydrogen-bond acceptors (Lipinski definition) is 4. The van der Waals surface area contributed by atoms with Gasteiger partial charge in [0.05, 0.1) is 6.33 Å². The van der Waals surface area contributed by atoms with Gasteiger partial charge in [0.2, 0.25) is 5.91 Å². The summed E-state index contributed by atoms with van der Waals surface area (Å²) in [4.78, 5) is 37.6. The van der Waals surface area contributed by atoms with Crippen molar-refractivity contribution in [1.29, 1.82) is 0 Å². The third-order valence-electron chi connectivity index (χ3n) is 2.73. The molecule has 0 aliphatic carbocycles. The Kier molecular flexibility index (Phi) is 6.38. The molecule has 0 bridgehead atoms. The van der Waals surface area contributed by atoms with Crippen LogP contribution >= 0.6 is 0 Å². The van der Waals surface area contributed by atoms with Crippen LogP contribution < -0.4 is 10.6 Å². The number of carbonyl (C=O) groups excluding carboxylic acids is 2. The van der Waals surface area contributed by atoms with Crippen LogP contribution in [0.25, 0.3) is 0 Å². The molecule has 0 aliphatic rings. The molecule has 2 atom stereocenters. The lowest BCUT2D eigenvalue weighted by Gasteiger charge is -2.15. The average Bonchev–Trinajstić information content (AvgIpc) is 2.78. The molecular weight excluding hydrogens is 276 g/mol. The van der Waals surface area contributed by atoms with Crippen molar-refractivity contribution < 1.29 is 19.5 Å². The van der Waals surface area contributed by atoms with Gasteiger partial charge in [-0.3, -0.25) is 14.9 Å². The van der Waals surface area contributed by atoms with E-state index >= 15 is 0 Å². The molecule has 3 N–H and O–H groups in total. The normalized spacial score (nSPS) is 13.2. The lowest BCUT2D eigenvalue weighted by Crippen LogP contribution is -2.45. The third-order valence-corrected chi connectivity index (χ3v) is 2.73. The van der Waals surface area contributed by atoms with E-state index in [-0.39, 0.29) is 24.8 Å². The maximum atomic E-state index is 11.6. The van der Waals surface area contributed by atoms with Crippen molar-refractivity contribution in [1.82, 2.24) is 20.2 Å². The number of nitrogens with one attached hydrogen (secondary N) is 2. The second-order valence-electron chi connectivity index (χ2n) is 5.09. The first-order chi connectivity index (χ1) is 9.86. The van der Waals surface area contributed by atoms with E-state index in [0.717, 1.165) is 0 Å². The highest BCUT2D eigenvalue weighted by Crippen LogP contribution is 2.06. The Morgan fingerprint density at radius 2 is 2.00 bits per heavy atom. The fourth-order valence-corrected chi connectivity index (χ4v) is 1.88. The second kappa shape index (κ2) is 8.03. The zero-order valence-corrected chi connectivity index (χ0v) is 12.1. The summed E-state index contributed by atoms with van der Waals surface area (Å²) in [7, 11) is 0. The maximum Gasteiger partial charge on any atom is 0.321 e. The minimum atomic E-state index is -0.964. The molecule has 2 unspecified atom stereocenters. The summed E-state index contributed by atoms with van der Waals surface area (Å²) in [5.41, 5.74) is 0. The van der Waals surface area contributed by atoms with Gasteiger partial charge in [-0.25, -0.2) is 9.78 Å². The lowest BCUT2D eigenvalue weighted by molar-refractivity contribution is -0.138. The SMILES string of the molecule is CC(CC(=O)O)CC(=O)NC(=O)NC(C)Cn1ccnc1. The molecule has 1 aromatic heterocycles. The average molecular weight is 296 g/mol. The van der Waals surface area contributed by atoms with Crippen LogP contribution in [0.5, 0.6) is 0 Å². The van der Waals surface area contributed by atoms with Gasteiger partial charge in [0.15, 0.2) is 0 Å². The molecule has 116 valence electrons. The van der Waals surface area contributed by atoms with Gasteiger partial charge in [0.1, 0.15) is 0 Å². The van der Waals surface area contributed by atoms with Gasteiger partial charge in [-0.05, 0) is 12.8 Å². The number of carboxylic acid groups (broad SMARTS) is 1. The number of urea groups is 1. The van der Waals surface area contributed by atoms with E-state index in [9.17, 15) is 14.4 Å². The predicted molar refractivity (Wildman–Crippen MR) is 74.4 cm³/mol. The Morgan fingerprint density at radius 3 is 2.57 bits per heavy atom. The number of aliphatic carboxylic acids is 1. The van der Waals surface area contributed by atoms with Crippen molar-refractivity contribution in [3.8, 4) is 0 Å². The van der Waals surface area contributed by atoms with Gasteiger partial charge < -0.3 is 15.0 Å². The first-order valence-electron chi connectivity index (χ1n) is 6.64.